The molecule has 21 heavy (non-hydrogen) atoms. The lowest BCUT2D eigenvalue weighted by Gasteiger charge is -2.13. The van der Waals surface area contributed by atoms with Gasteiger partial charge in [0.2, 0.25) is 5.91 Å². The lowest BCUT2D eigenvalue weighted by atomic mass is 10.1. The fourth-order valence-corrected chi connectivity index (χ4v) is 2.52. The number of thiocarbonyl (C=S) groups is 1. The lowest BCUT2D eigenvalue weighted by Crippen LogP contribution is -2.25. The molecule has 1 aliphatic rings. The van der Waals surface area contributed by atoms with Crippen LogP contribution in [0.15, 0.2) is 6.07 Å². The van der Waals surface area contributed by atoms with Crippen LogP contribution in [-0.4, -0.2) is 28.5 Å². The summed E-state index contributed by atoms with van der Waals surface area (Å²) < 4.78 is 0. The average molecular weight is 306 g/mol. The van der Waals surface area contributed by atoms with Crippen molar-refractivity contribution in [2.45, 2.75) is 45.6 Å². The van der Waals surface area contributed by atoms with Crippen molar-refractivity contribution in [3.8, 4) is 0 Å². The van der Waals surface area contributed by atoms with Crippen molar-refractivity contribution < 1.29 is 4.79 Å². The van der Waals surface area contributed by atoms with Crippen LogP contribution >= 0.6 is 12.2 Å². The summed E-state index contributed by atoms with van der Waals surface area (Å²) in [4.78, 5) is 16.4. The number of hydrogen-bond acceptors (Lipinski definition) is 4. The van der Waals surface area contributed by atoms with Gasteiger partial charge in [0.1, 0.15) is 10.8 Å². The van der Waals surface area contributed by atoms with Gasteiger partial charge in [0, 0.05) is 24.7 Å². The van der Waals surface area contributed by atoms with Gasteiger partial charge in [-0.05, 0) is 44.7 Å². The van der Waals surface area contributed by atoms with Gasteiger partial charge in [0.15, 0.2) is 0 Å². The Bertz CT molecular complexity index is 555. The average Bonchev–Trinajstić information content (AvgIpc) is 3.17. The van der Waals surface area contributed by atoms with Crippen LogP contribution in [0.3, 0.4) is 0 Å². The van der Waals surface area contributed by atoms with Gasteiger partial charge in [-0.15, -0.1) is 0 Å². The van der Waals surface area contributed by atoms with E-state index in [0.29, 0.717) is 29.8 Å². The first-order valence-electron chi connectivity index (χ1n) is 7.28. The molecule has 114 valence electrons. The first-order valence-corrected chi connectivity index (χ1v) is 7.69. The van der Waals surface area contributed by atoms with Gasteiger partial charge in [-0.3, -0.25) is 4.79 Å². The van der Waals surface area contributed by atoms with Crippen LogP contribution < -0.4 is 16.4 Å². The van der Waals surface area contributed by atoms with Crippen molar-refractivity contribution in [1.82, 2.24) is 10.3 Å². The number of nitrogens with zero attached hydrogens (tertiary/aromatic N) is 1. The fourth-order valence-electron chi connectivity index (χ4n) is 2.26. The number of carbonyl (C=O) groups excluding carboxylic acids is 1. The first kappa shape index (κ1) is 15.7. The smallest absolute Gasteiger partial charge is 0.220 e. The molecule has 1 saturated carbocycles. The molecule has 1 fully saturated rings. The van der Waals surface area contributed by atoms with Gasteiger partial charge in [-0.2, -0.15) is 0 Å². The number of carbonyl (C=O) groups is 1. The molecule has 6 heteroatoms. The van der Waals surface area contributed by atoms with Crippen molar-refractivity contribution in [2.75, 3.05) is 11.9 Å². The Labute approximate surface area is 130 Å². The van der Waals surface area contributed by atoms with Crippen LogP contribution in [0.5, 0.6) is 0 Å². The van der Waals surface area contributed by atoms with Crippen molar-refractivity contribution in [2.24, 2.45) is 5.73 Å². The lowest BCUT2D eigenvalue weighted by molar-refractivity contribution is -0.121. The normalized spacial score (nSPS) is 13.8. The molecule has 0 unspecified atom stereocenters. The molecular formula is C15H22N4OS. The quantitative estimate of drug-likeness (QED) is 0.529. The predicted octanol–water partition coefficient (Wildman–Crippen LogP) is 1.80. The van der Waals surface area contributed by atoms with Gasteiger partial charge in [-0.25, -0.2) is 4.98 Å². The minimum absolute atomic E-state index is 0.127. The van der Waals surface area contributed by atoms with E-state index in [-0.39, 0.29) is 5.91 Å². The highest BCUT2D eigenvalue weighted by Crippen LogP contribution is 2.19. The van der Waals surface area contributed by atoms with E-state index in [4.69, 9.17) is 18.0 Å². The van der Waals surface area contributed by atoms with Crippen molar-refractivity contribution in [3.05, 3.63) is 22.9 Å². The topological polar surface area (TPSA) is 80.0 Å². The van der Waals surface area contributed by atoms with E-state index in [1.807, 2.05) is 19.9 Å². The third-order valence-electron chi connectivity index (χ3n) is 3.41. The second-order valence-corrected chi connectivity index (χ2v) is 5.98. The van der Waals surface area contributed by atoms with E-state index >= 15 is 0 Å². The SMILES string of the molecule is Cc1cc(C)c(C(N)=S)c(NCCCC(=O)NC2CC2)n1. The Hall–Kier alpha value is -1.69. The van der Waals surface area contributed by atoms with E-state index in [9.17, 15) is 4.79 Å². The molecule has 0 bridgehead atoms. The maximum Gasteiger partial charge on any atom is 0.220 e. The van der Waals surface area contributed by atoms with Gasteiger partial charge >= 0.3 is 0 Å². The number of aromatic nitrogens is 1. The summed E-state index contributed by atoms with van der Waals surface area (Å²) >= 11 is 5.09. The van der Waals surface area contributed by atoms with Crippen LogP contribution in [0.2, 0.25) is 0 Å². The Balaban J connectivity index is 1.87. The number of pyridine rings is 1. The summed E-state index contributed by atoms with van der Waals surface area (Å²) in [5.41, 5.74) is 8.49. The van der Waals surface area contributed by atoms with Crippen LogP contribution in [0, 0.1) is 13.8 Å². The number of rotatable bonds is 7. The van der Waals surface area contributed by atoms with E-state index in [0.717, 1.165) is 36.1 Å². The van der Waals surface area contributed by atoms with Crippen molar-refractivity contribution in [3.63, 3.8) is 0 Å². The molecule has 0 saturated heterocycles. The number of amides is 1. The number of anilines is 1. The standard InChI is InChI=1S/C15H22N4OS/c1-9-8-10(2)18-15(13(9)14(16)21)17-7-3-4-12(20)19-11-5-6-11/h8,11H,3-7H2,1-2H3,(H2,16,21)(H,17,18)(H,19,20). The predicted molar refractivity (Wildman–Crippen MR) is 88.5 cm³/mol. The maximum absolute atomic E-state index is 11.6. The molecule has 5 nitrogen and oxygen atoms in total. The summed E-state index contributed by atoms with van der Waals surface area (Å²) in [6, 6.07) is 2.38. The highest BCUT2D eigenvalue weighted by Gasteiger charge is 2.22. The first-order chi connectivity index (χ1) is 9.97. The highest BCUT2D eigenvalue weighted by atomic mass is 32.1. The molecule has 1 aromatic heterocycles. The fraction of sp³-hybridized carbons (Fsp3) is 0.533. The Morgan fingerprint density at radius 3 is 2.81 bits per heavy atom. The van der Waals surface area contributed by atoms with Crippen LogP contribution in [-0.2, 0) is 4.79 Å². The Kier molecular flexibility index (Phi) is 5.12. The van der Waals surface area contributed by atoms with Crippen molar-refractivity contribution >= 4 is 28.9 Å². The minimum Gasteiger partial charge on any atom is -0.389 e. The number of hydrogen-bond donors (Lipinski definition) is 3. The molecule has 0 radical (unpaired) electrons. The summed E-state index contributed by atoms with van der Waals surface area (Å²) in [7, 11) is 0. The van der Waals surface area contributed by atoms with Gasteiger partial charge in [-0.1, -0.05) is 12.2 Å². The Morgan fingerprint density at radius 1 is 1.48 bits per heavy atom. The second-order valence-electron chi connectivity index (χ2n) is 5.54. The number of nitrogens with two attached hydrogens (primary N) is 1. The minimum atomic E-state index is 0.127. The monoisotopic (exact) mass is 306 g/mol. The third-order valence-corrected chi connectivity index (χ3v) is 3.61. The molecule has 0 spiro atoms. The van der Waals surface area contributed by atoms with E-state index < -0.39 is 0 Å². The van der Waals surface area contributed by atoms with E-state index in [2.05, 4.69) is 15.6 Å². The van der Waals surface area contributed by atoms with Gasteiger partial charge < -0.3 is 16.4 Å². The van der Waals surface area contributed by atoms with E-state index in [1.165, 1.54) is 0 Å². The molecule has 1 amide bonds. The molecule has 0 aromatic carbocycles. The molecule has 2 rings (SSSR count). The zero-order valence-corrected chi connectivity index (χ0v) is 13.3. The zero-order chi connectivity index (χ0) is 15.4. The van der Waals surface area contributed by atoms with Crippen molar-refractivity contribution in [1.29, 1.82) is 0 Å². The maximum atomic E-state index is 11.6. The Morgan fingerprint density at radius 2 is 2.19 bits per heavy atom. The number of aryl methyl sites for hydroxylation is 2. The number of nitrogens with one attached hydrogen (secondary N) is 2. The molecule has 0 aliphatic heterocycles. The largest absolute Gasteiger partial charge is 0.389 e. The molecule has 1 aliphatic carbocycles. The third kappa shape index (κ3) is 4.67. The summed E-state index contributed by atoms with van der Waals surface area (Å²) in [6.45, 7) is 4.58. The van der Waals surface area contributed by atoms with Crippen LogP contribution in [0.1, 0.15) is 42.5 Å². The summed E-state index contributed by atoms with van der Waals surface area (Å²) in [5.74, 6) is 0.838. The molecule has 1 heterocycles. The summed E-state index contributed by atoms with van der Waals surface area (Å²) in [6.07, 6.45) is 3.52. The van der Waals surface area contributed by atoms with Gasteiger partial charge in [0.25, 0.3) is 0 Å². The molecule has 4 N–H and O–H groups in total. The highest BCUT2D eigenvalue weighted by molar-refractivity contribution is 7.80. The van der Waals surface area contributed by atoms with Crippen LogP contribution in [0.4, 0.5) is 5.82 Å². The molecule has 0 atom stereocenters. The van der Waals surface area contributed by atoms with Crippen LogP contribution in [0.25, 0.3) is 0 Å². The molecular weight excluding hydrogens is 284 g/mol. The van der Waals surface area contributed by atoms with E-state index in [1.54, 1.807) is 0 Å². The summed E-state index contributed by atoms with van der Waals surface area (Å²) in [5, 5.41) is 6.22. The molecule has 1 aromatic rings. The zero-order valence-electron chi connectivity index (χ0n) is 12.5. The van der Waals surface area contributed by atoms with Gasteiger partial charge in [0.05, 0.1) is 5.56 Å². The second kappa shape index (κ2) is 6.85.